The first-order valence-electron chi connectivity index (χ1n) is 13.6. The molecular weight excluding hydrogens is 580 g/mol. The highest BCUT2D eigenvalue weighted by atomic mass is 79.9. The van der Waals surface area contributed by atoms with Crippen LogP contribution in [0.25, 0.3) is 5.65 Å². The van der Waals surface area contributed by atoms with E-state index in [2.05, 4.69) is 55.1 Å². The van der Waals surface area contributed by atoms with Gasteiger partial charge in [-0.1, -0.05) is 20.8 Å². The smallest absolute Gasteiger partial charge is 0.410 e. The molecule has 39 heavy (non-hydrogen) atoms. The Morgan fingerprint density at radius 3 is 2.44 bits per heavy atom. The molecule has 2 fully saturated rings. The van der Waals surface area contributed by atoms with E-state index in [0.717, 1.165) is 15.7 Å². The number of likely N-dealkylation sites (tertiary alicyclic amines) is 1. The number of hydrogen-bond donors (Lipinski definition) is 1. The third-order valence-corrected chi connectivity index (χ3v) is 13.0. The summed E-state index contributed by atoms with van der Waals surface area (Å²) < 4.78 is 15.1. The lowest BCUT2D eigenvalue weighted by Crippen LogP contribution is -2.54. The summed E-state index contributed by atoms with van der Waals surface area (Å²) in [6, 6.07) is 1.89. The molecule has 2 aliphatic rings. The number of hydrogen-bond acceptors (Lipinski definition) is 6. The number of carbonyl (C=O) groups is 2. The van der Waals surface area contributed by atoms with Crippen molar-refractivity contribution in [2.75, 3.05) is 26.2 Å². The summed E-state index contributed by atoms with van der Waals surface area (Å²) in [4.78, 5) is 34.2. The maximum atomic E-state index is 13.3. The lowest BCUT2D eigenvalue weighted by Gasteiger charge is -2.40. The van der Waals surface area contributed by atoms with E-state index in [9.17, 15) is 9.59 Å². The van der Waals surface area contributed by atoms with Crippen molar-refractivity contribution in [3.8, 4) is 0 Å². The zero-order valence-corrected chi connectivity index (χ0v) is 27.3. The molecule has 1 spiro atoms. The highest BCUT2D eigenvalue weighted by Gasteiger charge is 2.47. The highest BCUT2D eigenvalue weighted by molar-refractivity contribution is 9.10. The number of urea groups is 1. The predicted octanol–water partition coefficient (Wildman–Crippen LogP) is 5.66. The molecule has 0 radical (unpaired) electrons. The Balaban J connectivity index is 1.53. The van der Waals surface area contributed by atoms with E-state index >= 15 is 0 Å². The van der Waals surface area contributed by atoms with Crippen molar-refractivity contribution in [2.24, 2.45) is 0 Å². The van der Waals surface area contributed by atoms with Gasteiger partial charge in [0.2, 0.25) is 0 Å². The molecule has 2 aromatic heterocycles. The summed E-state index contributed by atoms with van der Waals surface area (Å²) >= 11 is 3.54. The standard InChI is InChI=1S/C27H43BrN6O4Si/c1-18-14-19(28)15-34-22(18)29-21(31-34)20(38-39(8,9)26(5,6)7)16-33-17-27(30-23(33)35)10-12-32(13-11-27)24(36)37-25(2,3)4/h14-15,20H,10-13,16-17H2,1-9H3,(H,30,35). The van der Waals surface area contributed by atoms with E-state index in [0.29, 0.717) is 44.8 Å². The minimum atomic E-state index is -2.22. The topological polar surface area (TPSA) is 101 Å². The first-order chi connectivity index (χ1) is 17.9. The van der Waals surface area contributed by atoms with Gasteiger partial charge in [0.05, 0.1) is 12.1 Å². The molecule has 2 saturated heterocycles. The van der Waals surface area contributed by atoms with Crippen molar-refractivity contribution in [3.05, 3.63) is 28.1 Å². The molecule has 0 aromatic carbocycles. The number of carbonyl (C=O) groups excluding carboxylic acids is 2. The first kappa shape index (κ1) is 29.8. The largest absolute Gasteiger partial charge is 0.444 e. The van der Waals surface area contributed by atoms with Gasteiger partial charge in [-0.3, -0.25) is 0 Å². The summed E-state index contributed by atoms with van der Waals surface area (Å²) in [6.45, 7) is 20.6. The van der Waals surface area contributed by atoms with E-state index in [1.165, 1.54) is 0 Å². The van der Waals surface area contributed by atoms with Gasteiger partial charge < -0.3 is 24.3 Å². The molecule has 10 nitrogen and oxygen atoms in total. The zero-order valence-electron chi connectivity index (χ0n) is 24.7. The molecule has 216 valence electrons. The lowest BCUT2D eigenvalue weighted by molar-refractivity contribution is 0.0159. The summed E-state index contributed by atoms with van der Waals surface area (Å²) in [5.41, 5.74) is 0.854. The second kappa shape index (κ2) is 10.3. The van der Waals surface area contributed by atoms with Crippen molar-refractivity contribution in [1.29, 1.82) is 0 Å². The molecular formula is C27H43BrN6O4Si. The minimum absolute atomic E-state index is 0.0215. The number of piperidine rings is 1. The van der Waals surface area contributed by atoms with Crippen LogP contribution in [0.2, 0.25) is 18.1 Å². The van der Waals surface area contributed by atoms with Crippen LogP contribution in [0.1, 0.15) is 71.9 Å². The summed E-state index contributed by atoms with van der Waals surface area (Å²) in [6.07, 6.45) is 2.45. The van der Waals surface area contributed by atoms with Gasteiger partial charge in [-0.25, -0.2) is 19.1 Å². The van der Waals surface area contributed by atoms with E-state index in [-0.39, 0.29) is 22.7 Å². The Labute approximate surface area is 241 Å². The number of fused-ring (bicyclic) bond motifs is 1. The molecule has 1 N–H and O–H groups in total. The van der Waals surface area contributed by atoms with Gasteiger partial charge >= 0.3 is 12.1 Å². The van der Waals surface area contributed by atoms with E-state index in [4.69, 9.17) is 19.2 Å². The number of nitrogens with zero attached hydrogens (tertiary/aromatic N) is 5. The second-order valence-electron chi connectivity index (χ2n) is 13.5. The van der Waals surface area contributed by atoms with Crippen LogP contribution in [-0.2, 0) is 9.16 Å². The normalized spacial score (nSPS) is 19.1. The average Bonchev–Trinajstić information content (AvgIpc) is 3.33. The van der Waals surface area contributed by atoms with Crippen LogP contribution in [0.3, 0.4) is 0 Å². The molecule has 4 rings (SSSR count). The Bertz CT molecular complexity index is 1240. The van der Waals surface area contributed by atoms with Crippen molar-refractivity contribution in [1.82, 2.24) is 29.7 Å². The van der Waals surface area contributed by atoms with Crippen LogP contribution in [-0.4, -0.2) is 82.2 Å². The number of pyridine rings is 1. The Hall–Kier alpha value is -2.18. The molecule has 1 atom stereocenters. The van der Waals surface area contributed by atoms with Gasteiger partial charge in [0.25, 0.3) is 0 Å². The number of ether oxygens (including phenoxy) is 1. The lowest BCUT2D eigenvalue weighted by atomic mass is 9.88. The number of rotatable bonds is 5. The maximum Gasteiger partial charge on any atom is 0.410 e. The summed E-state index contributed by atoms with van der Waals surface area (Å²) in [5, 5.41) is 8.00. The molecule has 1 unspecified atom stereocenters. The Kier molecular flexibility index (Phi) is 7.89. The van der Waals surface area contributed by atoms with Crippen LogP contribution < -0.4 is 5.32 Å². The fourth-order valence-electron chi connectivity index (χ4n) is 4.82. The summed E-state index contributed by atoms with van der Waals surface area (Å²) in [7, 11) is -2.22. The number of nitrogens with one attached hydrogen (secondary N) is 1. The molecule has 4 heterocycles. The molecule has 2 aromatic rings. The van der Waals surface area contributed by atoms with Crippen molar-refractivity contribution in [2.45, 2.75) is 96.7 Å². The van der Waals surface area contributed by atoms with E-state index < -0.39 is 20.0 Å². The predicted molar refractivity (Wildman–Crippen MR) is 156 cm³/mol. The second-order valence-corrected chi connectivity index (χ2v) is 19.2. The minimum Gasteiger partial charge on any atom is -0.444 e. The van der Waals surface area contributed by atoms with Crippen molar-refractivity contribution >= 4 is 42.0 Å². The molecule has 12 heteroatoms. The van der Waals surface area contributed by atoms with E-state index in [1.54, 1.807) is 9.42 Å². The van der Waals surface area contributed by atoms with Gasteiger partial charge in [0, 0.05) is 30.3 Å². The fourth-order valence-corrected chi connectivity index (χ4v) is 6.60. The third-order valence-electron chi connectivity index (χ3n) is 8.04. The van der Waals surface area contributed by atoms with Crippen molar-refractivity contribution in [3.63, 3.8) is 0 Å². The van der Waals surface area contributed by atoms with Gasteiger partial charge in [0.1, 0.15) is 11.7 Å². The number of aromatic nitrogens is 3. The van der Waals surface area contributed by atoms with Gasteiger partial charge in [0.15, 0.2) is 19.8 Å². The van der Waals surface area contributed by atoms with Crippen LogP contribution in [0, 0.1) is 6.92 Å². The SMILES string of the molecule is Cc1cc(Br)cn2nc(C(CN3CC4(CCN(C(=O)OC(C)(C)C)CC4)NC3=O)O[Si](C)(C)C(C)(C)C)nc12. The molecule has 3 amide bonds. The number of aryl methyl sites for hydroxylation is 1. The molecule has 0 bridgehead atoms. The van der Waals surface area contributed by atoms with Crippen LogP contribution >= 0.6 is 15.9 Å². The van der Waals surface area contributed by atoms with Gasteiger partial charge in [-0.15, -0.1) is 5.10 Å². The monoisotopic (exact) mass is 622 g/mol. The summed E-state index contributed by atoms with van der Waals surface area (Å²) in [5.74, 6) is 0.578. The first-order valence-corrected chi connectivity index (χ1v) is 17.3. The van der Waals surface area contributed by atoms with Gasteiger partial charge in [-0.2, -0.15) is 0 Å². The Morgan fingerprint density at radius 2 is 1.85 bits per heavy atom. The maximum absolute atomic E-state index is 13.3. The van der Waals surface area contributed by atoms with Crippen LogP contribution in [0.4, 0.5) is 9.59 Å². The Morgan fingerprint density at radius 1 is 1.21 bits per heavy atom. The number of halogens is 1. The van der Waals surface area contributed by atoms with Gasteiger partial charge in [-0.05, 0) is 86.2 Å². The molecule has 2 aliphatic heterocycles. The number of amides is 3. The molecule has 0 saturated carbocycles. The molecule has 0 aliphatic carbocycles. The average molecular weight is 624 g/mol. The van der Waals surface area contributed by atoms with Crippen LogP contribution in [0.5, 0.6) is 0 Å². The van der Waals surface area contributed by atoms with E-state index in [1.807, 2.05) is 44.9 Å². The van der Waals surface area contributed by atoms with Crippen molar-refractivity contribution < 1.29 is 18.8 Å². The fraction of sp³-hybridized carbons (Fsp3) is 0.704. The highest BCUT2D eigenvalue weighted by Crippen LogP contribution is 2.40. The zero-order chi connectivity index (χ0) is 29.0. The van der Waals surface area contributed by atoms with Crippen LogP contribution in [0.15, 0.2) is 16.7 Å². The third kappa shape index (κ3) is 6.59. The quantitative estimate of drug-likeness (QED) is 0.432.